The van der Waals surface area contributed by atoms with E-state index in [0.717, 1.165) is 13.1 Å². The van der Waals surface area contributed by atoms with Crippen LogP contribution in [0.1, 0.15) is 38.9 Å². The van der Waals surface area contributed by atoms with E-state index in [1.807, 2.05) is 0 Å². The Labute approximate surface area is 220 Å². The number of carbonyl (C=O) groups is 3. The molecule has 2 aliphatic heterocycles. The van der Waals surface area contributed by atoms with E-state index in [4.69, 9.17) is 18.9 Å². The second kappa shape index (κ2) is 11.3. The van der Waals surface area contributed by atoms with Crippen molar-refractivity contribution in [2.75, 3.05) is 60.7 Å². The van der Waals surface area contributed by atoms with Gasteiger partial charge in [0.05, 0.1) is 46.2 Å². The maximum absolute atomic E-state index is 13.5. The number of para-hydroxylation sites is 1. The molecule has 1 aromatic carbocycles. The van der Waals surface area contributed by atoms with Crippen LogP contribution in [0, 0.1) is 13.8 Å². The fraction of sp³-hybridized carbons (Fsp3) is 0.444. The molecule has 11 heteroatoms. The van der Waals surface area contributed by atoms with Crippen molar-refractivity contribution >= 4 is 23.4 Å². The standard InChI is InChI=1S/C27H33N3O8/c1-15-19(16(2)28-21(15)27(34)37-5)23(31)20-22(17-7-6-8-18(35-3)25(17)36-4)30(26(33)24(20)32)10-9-29-11-13-38-14-12-29/h6-8,22,28,31H,9-14H2,1-5H3/b23-20+. The van der Waals surface area contributed by atoms with Gasteiger partial charge < -0.3 is 33.9 Å². The predicted molar refractivity (Wildman–Crippen MR) is 137 cm³/mol. The van der Waals surface area contributed by atoms with Crippen LogP contribution in [0.2, 0.25) is 0 Å². The number of benzene rings is 1. The molecule has 0 aliphatic carbocycles. The number of aliphatic hydroxyl groups excluding tert-OH is 1. The molecule has 38 heavy (non-hydrogen) atoms. The summed E-state index contributed by atoms with van der Waals surface area (Å²) in [6.07, 6.45) is 0. The number of aliphatic hydroxyl groups is 1. The Morgan fingerprint density at radius 1 is 1.11 bits per heavy atom. The quantitative estimate of drug-likeness (QED) is 0.230. The zero-order valence-electron chi connectivity index (χ0n) is 22.3. The van der Waals surface area contributed by atoms with E-state index in [1.165, 1.54) is 26.2 Å². The monoisotopic (exact) mass is 527 g/mol. The van der Waals surface area contributed by atoms with E-state index in [2.05, 4.69) is 9.88 Å². The van der Waals surface area contributed by atoms with E-state index in [9.17, 15) is 19.5 Å². The Bertz CT molecular complexity index is 1280. The number of carbonyl (C=O) groups excluding carboxylic acids is 3. The average molecular weight is 528 g/mol. The van der Waals surface area contributed by atoms with Crippen molar-refractivity contribution in [1.82, 2.24) is 14.8 Å². The van der Waals surface area contributed by atoms with Crippen LogP contribution < -0.4 is 9.47 Å². The molecule has 1 atom stereocenters. The van der Waals surface area contributed by atoms with Crippen molar-refractivity contribution < 1.29 is 38.4 Å². The third kappa shape index (κ3) is 4.74. The Kier molecular flexibility index (Phi) is 8.08. The van der Waals surface area contributed by atoms with Crippen LogP contribution in [0.25, 0.3) is 5.76 Å². The number of aryl methyl sites for hydroxylation is 1. The summed E-state index contributed by atoms with van der Waals surface area (Å²) in [5, 5.41) is 11.6. The molecule has 11 nitrogen and oxygen atoms in total. The molecule has 204 valence electrons. The molecule has 4 rings (SSSR count). The lowest BCUT2D eigenvalue weighted by Crippen LogP contribution is -2.42. The largest absolute Gasteiger partial charge is 0.507 e. The number of amides is 1. The number of morpholine rings is 1. The van der Waals surface area contributed by atoms with E-state index < -0.39 is 23.7 Å². The van der Waals surface area contributed by atoms with E-state index in [1.54, 1.807) is 32.0 Å². The second-order valence-electron chi connectivity index (χ2n) is 9.15. The summed E-state index contributed by atoms with van der Waals surface area (Å²) in [5.74, 6) is -1.77. The number of nitrogens with zero attached hydrogens (tertiary/aromatic N) is 2. The minimum absolute atomic E-state index is 0.0925. The number of esters is 1. The molecule has 2 N–H and O–H groups in total. The van der Waals surface area contributed by atoms with E-state index in [-0.39, 0.29) is 29.1 Å². The van der Waals surface area contributed by atoms with Gasteiger partial charge in [0.15, 0.2) is 11.5 Å². The lowest BCUT2D eigenvalue weighted by Gasteiger charge is -2.31. The third-order valence-electron chi connectivity index (χ3n) is 7.09. The van der Waals surface area contributed by atoms with Gasteiger partial charge >= 0.3 is 5.97 Å². The van der Waals surface area contributed by atoms with Gasteiger partial charge in [-0.05, 0) is 25.5 Å². The van der Waals surface area contributed by atoms with Crippen molar-refractivity contribution in [2.24, 2.45) is 0 Å². The fourth-order valence-electron chi connectivity index (χ4n) is 5.18. The van der Waals surface area contributed by atoms with Gasteiger partial charge in [-0.3, -0.25) is 14.5 Å². The molecule has 3 heterocycles. The van der Waals surface area contributed by atoms with Gasteiger partial charge in [0.2, 0.25) is 0 Å². The number of aromatic nitrogens is 1. The molecule has 1 amide bonds. The highest BCUT2D eigenvalue weighted by Gasteiger charge is 2.48. The van der Waals surface area contributed by atoms with Gasteiger partial charge in [0.1, 0.15) is 11.5 Å². The molecular weight excluding hydrogens is 494 g/mol. The van der Waals surface area contributed by atoms with Gasteiger partial charge in [-0.25, -0.2) is 4.79 Å². The number of methoxy groups -OCH3 is 3. The third-order valence-corrected chi connectivity index (χ3v) is 7.09. The first-order valence-electron chi connectivity index (χ1n) is 12.3. The van der Waals surface area contributed by atoms with Crippen LogP contribution in [0.3, 0.4) is 0 Å². The maximum Gasteiger partial charge on any atom is 0.354 e. The Hall–Kier alpha value is -3.83. The van der Waals surface area contributed by atoms with Crippen molar-refractivity contribution in [3.63, 3.8) is 0 Å². The first-order valence-corrected chi connectivity index (χ1v) is 12.3. The van der Waals surface area contributed by atoms with Gasteiger partial charge in [0.25, 0.3) is 11.7 Å². The van der Waals surface area contributed by atoms with E-state index in [0.29, 0.717) is 48.1 Å². The molecule has 2 aliphatic rings. The summed E-state index contributed by atoms with van der Waals surface area (Å²) < 4.78 is 21.4. The fourth-order valence-corrected chi connectivity index (χ4v) is 5.18. The minimum atomic E-state index is -0.948. The summed E-state index contributed by atoms with van der Waals surface area (Å²) in [5.41, 5.74) is 1.69. The van der Waals surface area contributed by atoms with Gasteiger partial charge in [-0.15, -0.1) is 0 Å². The molecule has 0 bridgehead atoms. The zero-order chi connectivity index (χ0) is 27.6. The van der Waals surface area contributed by atoms with Crippen LogP contribution >= 0.6 is 0 Å². The average Bonchev–Trinajstić information content (AvgIpc) is 3.37. The number of Topliss-reactive ketones (excluding diaryl/α,β-unsaturated/α-hetero) is 1. The zero-order valence-corrected chi connectivity index (χ0v) is 22.3. The summed E-state index contributed by atoms with van der Waals surface area (Å²) in [6, 6.07) is 4.24. The topological polar surface area (TPSA) is 131 Å². The number of rotatable bonds is 8. The number of ether oxygens (including phenoxy) is 4. The smallest absolute Gasteiger partial charge is 0.354 e. The summed E-state index contributed by atoms with van der Waals surface area (Å²) >= 11 is 0. The Balaban J connectivity index is 1.88. The van der Waals surface area contributed by atoms with Crippen molar-refractivity contribution in [1.29, 1.82) is 0 Å². The number of ketones is 1. The molecule has 2 fully saturated rings. The van der Waals surface area contributed by atoms with Crippen molar-refractivity contribution in [2.45, 2.75) is 19.9 Å². The Morgan fingerprint density at radius 2 is 1.82 bits per heavy atom. The number of hydrogen-bond acceptors (Lipinski definition) is 9. The molecule has 0 saturated carbocycles. The highest BCUT2D eigenvalue weighted by molar-refractivity contribution is 6.46. The minimum Gasteiger partial charge on any atom is -0.507 e. The number of nitrogens with one attached hydrogen (secondary N) is 1. The first-order chi connectivity index (χ1) is 18.2. The van der Waals surface area contributed by atoms with Crippen molar-refractivity contribution in [3.8, 4) is 11.5 Å². The molecular formula is C27H33N3O8. The predicted octanol–water partition coefficient (Wildman–Crippen LogP) is 2.19. The van der Waals surface area contributed by atoms with Crippen molar-refractivity contribution in [3.05, 3.63) is 51.9 Å². The van der Waals surface area contributed by atoms with E-state index >= 15 is 0 Å². The highest BCUT2D eigenvalue weighted by atomic mass is 16.5. The second-order valence-corrected chi connectivity index (χ2v) is 9.15. The lowest BCUT2D eigenvalue weighted by atomic mass is 9.93. The molecule has 1 aromatic heterocycles. The Morgan fingerprint density at radius 3 is 2.45 bits per heavy atom. The number of H-pyrrole nitrogens is 1. The summed E-state index contributed by atoms with van der Waals surface area (Å²) in [4.78, 5) is 45.8. The summed E-state index contributed by atoms with van der Waals surface area (Å²) in [6.45, 7) is 6.70. The number of likely N-dealkylation sites (tertiary alicyclic amines) is 1. The van der Waals surface area contributed by atoms with Crippen LogP contribution in [-0.2, 0) is 19.1 Å². The molecule has 2 aromatic rings. The normalized spacial score (nSPS) is 19.6. The van der Waals surface area contributed by atoms with Gasteiger partial charge in [-0.1, -0.05) is 12.1 Å². The number of aromatic amines is 1. The highest BCUT2D eigenvalue weighted by Crippen LogP contribution is 2.46. The van der Waals surface area contributed by atoms with Crippen LogP contribution in [0.4, 0.5) is 0 Å². The van der Waals surface area contributed by atoms with Crippen LogP contribution in [0.5, 0.6) is 11.5 Å². The number of hydrogen-bond donors (Lipinski definition) is 2. The lowest BCUT2D eigenvalue weighted by molar-refractivity contribution is -0.140. The molecule has 1 unspecified atom stereocenters. The SMILES string of the molecule is COC(=O)c1[nH]c(C)c(/C(O)=C2\C(=O)C(=O)N(CCN3CCOCC3)C2c2cccc(OC)c2OC)c1C. The van der Waals surface area contributed by atoms with Gasteiger partial charge in [-0.2, -0.15) is 0 Å². The maximum atomic E-state index is 13.5. The first kappa shape index (κ1) is 27.2. The molecule has 0 radical (unpaired) electrons. The van der Waals surface area contributed by atoms with Crippen LogP contribution in [-0.4, -0.2) is 98.3 Å². The summed E-state index contributed by atoms with van der Waals surface area (Å²) in [7, 11) is 4.23. The van der Waals surface area contributed by atoms with Gasteiger partial charge in [0, 0.05) is 43.0 Å². The molecule has 2 saturated heterocycles. The van der Waals surface area contributed by atoms with Crippen LogP contribution in [0.15, 0.2) is 23.8 Å². The molecule has 0 spiro atoms.